The molecule has 0 spiro atoms. The second kappa shape index (κ2) is 5.58. The lowest BCUT2D eigenvalue weighted by Gasteiger charge is -2.08. The molecule has 0 aromatic carbocycles. The van der Waals surface area contributed by atoms with Crippen LogP contribution in [0.25, 0.3) is 5.57 Å². The summed E-state index contributed by atoms with van der Waals surface area (Å²) in [7, 11) is 0. The van der Waals surface area contributed by atoms with Crippen LogP contribution >= 0.6 is 0 Å². The van der Waals surface area contributed by atoms with Gasteiger partial charge in [-0.15, -0.1) is 0 Å². The Labute approximate surface area is 104 Å². The third-order valence-electron chi connectivity index (χ3n) is 2.41. The molecule has 0 aliphatic carbocycles. The minimum Gasteiger partial charge on any atom is -0.258 e. The van der Waals surface area contributed by atoms with E-state index in [0.29, 0.717) is 0 Å². The number of hydrogen-bond acceptors (Lipinski definition) is 2. The van der Waals surface area contributed by atoms with E-state index in [1.165, 1.54) is 5.56 Å². The van der Waals surface area contributed by atoms with Crippen molar-refractivity contribution >= 4 is 11.3 Å². The predicted octanol–water partition coefficient (Wildman–Crippen LogP) is 4.10. The molecule has 0 bridgehead atoms. The van der Waals surface area contributed by atoms with Crippen molar-refractivity contribution in [1.29, 1.82) is 0 Å². The molecule has 0 fully saturated rings. The quantitative estimate of drug-likeness (QED) is 0.715. The van der Waals surface area contributed by atoms with Gasteiger partial charge in [0.2, 0.25) is 0 Å². The summed E-state index contributed by atoms with van der Waals surface area (Å²) in [5.74, 6) is 0. The molecule has 0 atom stereocenters. The molecule has 0 N–H and O–H groups in total. The van der Waals surface area contributed by atoms with E-state index >= 15 is 0 Å². The van der Waals surface area contributed by atoms with Gasteiger partial charge in [-0.3, -0.25) is 9.98 Å². The summed E-state index contributed by atoms with van der Waals surface area (Å²) in [5, 5.41) is 0. The highest BCUT2D eigenvalue weighted by Gasteiger charge is 2.07. The fourth-order valence-electron chi connectivity index (χ4n) is 1.87. The highest BCUT2D eigenvalue weighted by Crippen LogP contribution is 2.17. The Morgan fingerprint density at radius 2 is 1.94 bits per heavy atom. The van der Waals surface area contributed by atoms with Gasteiger partial charge in [-0.1, -0.05) is 12.7 Å². The number of allylic oxidation sites excluding steroid dienone is 3. The molecule has 0 saturated carbocycles. The van der Waals surface area contributed by atoms with Gasteiger partial charge in [-0.05, 0) is 52.3 Å². The van der Waals surface area contributed by atoms with E-state index in [9.17, 15) is 0 Å². The van der Waals surface area contributed by atoms with Crippen molar-refractivity contribution in [3.8, 4) is 0 Å². The standard InChI is InChI=1S/C15H20N2/c1-7-14(13(6)16-10(2)3)15-9-11(4)8-12(5)17-15/h7-9H,2H2,1,3-6H3/b14-7+,16-13-. The Hall–Kier alpha value is -1.70. The summed E-state index contributed by atoms with van der Waals surface area (Å²) in [6, 6.07) is 4.15. The van der Waals surface area contributed by atoms with Gasteiger partial charge in [0, 0.05) is 22.7 Å². The van der Waals surface area contributed by atoms with Crippen LogP contribution in [-0.4, -0.2) is 10.7 Å². The van der Waals surface area contributed by atoms with Crippen LogP contribution in [0.4, 0.5) is 0 Å². The fourth-order valence-corrected chi connectivity index (χ4v) is 1.87. The van der Waals surface area contributed by atoms with Crippen LogP contribution in [0.5, 0.6) is 0 Å². The maximum atomic E-state index is 4.55. The Morgan fingerprint density at radius 3 is 2.41 bits per heavy atom. The maximum absolute atomic E-state index is 4.55. The number of rotatable bonds is 3. The Kier molecular flexibility index (Phi) is 4.38. The van der Waals surface area contributed by atoms with E-state index in [2.05, 4.69) is 35.6 Å². The number of aromatic nitrogens is 1. The maximum Gasteiger partial charge on any atom is 0.0722 e. The zero-order valence-corrected chi connectivity index (χ0v) is 11.3. The van der Waals surface area contributed by atoms with E-state index in [1.54, 1.807) is 0 Å². The average molecular weight is 228 g/mol. The van der Waals surface area contributed by atoms with Crippen molar-refractivity contribution < 1.29 is 0 Å². The van der Waals surface area contributed by atoms with Crippen LogP contribution in [-0.2, 0) is 0 Å². The molecule has 17 heavy (non-hydrogen) atoms. The van der Waals surface area contributed by atoms with E-state index < -0.39 is 0 Å². The second-order valence-corrected chi connectivity index (χ2v) is 4.31. The molecule has 2 heteroatoms. The van der Waals surface area contributed by atoms with Gasteiger partial charge in [0.1, 0.15) is 0 Å². The predicted molar refractivity (Wildman–Crippen MR) is 75.3 cm³/mol. The Bertz CT molecular complexity index is 473. The lowest BCUT2D eigenvalue weighted by atomic mass is 10.0. The molecule has 0 saturated heterocycles. The number of pyridine rings is 1. The van der Waals surface area contributed by atoms with Crippen molar-refractivity contribution in [2.75, 3.05) is 0 Å². The molecule has 1 rings (SSSR count). The molecule has 1 aromatic rings. The first-order valence-electron chi connectivity index (χ1n) is 5.77. The lowest BCUT2D eigenvalue weighted by Crippen LogP contribution is -2.01. The van der Waals surface area contributed by atoms with E-state index in [0.717, 1.165) is 28.4 Å². The van der Waals surface area contributed by atoms with E-state index in [4.69, 9.17) is 0 Å². The summed E-state index contributed by atoms with van der Waals surface area (Å²) < 4.78 is 0. The fraction of sp³-hybridized carbons (Fsp3) is 0.333. The summed E-state index contributed by atoms with van der Waals surface area (Å²) in [4.78, 5) is 8.95. The molecule has 0 radical (unpaired) electrons. The zero-order chi connectivity index (χ0) is 13.0. The zero-order valence-electron chi connectivity index (χ0n) is 11.3. The topological polar surface area (TPSA) is 25.2 Å². The first-order chi connectivity index (χ1) is 7.93. The van der Waals surface area contributed by atoms with Gasteiger partial charge >= 0.3 is 0 Å². The van der Waals surface area contributed by atoms with E-state index in [-0.39, 0.29) is 0 Å². The van der Waals surface area contributed by atoms with Crippen molar-refractivity contribution in [1.82, 2.24) is 4.98 Å². The average Bonchev–Trinajstić information content (AvgIpc) is 2.15. The van der Waals surface area contributed by atoms with Crippen LogP contribution in [0, 0.1) is 13.8 Å². The minimum atomic E-state index is 0.811. The Morgan fingerprint density at radius 1 is 1.29 bits per heavy atom. The van der Waals surface area contributed by atoms with Crippen LogP contribution in [0.2, 0.25) is 0 Å². The molecular weight excluding hydrogens is 208 g/mol. The van der Waals surface area contributed by atoms with Crippen LogP contribution in [0.3, 0.4) is 0 Å². The SMILES string of the molecule is C=C(C)/N=C(C)\C(=C/C)c1cc(C)cc(C)n1. The highest BCUT2D eigenvalue weighted by molar-refractivity contribution is 6.22. The summed E-state index contributed by atoms with van der Waals surface area (Å²) in [6.07, 6.45) is 2.04. The van der Waals surface area contributed by atoms with Crippen LogP contribution < -0.4 is 0 Å². The summed E-state index contributed by atoms with van der Waals surface area (Å²) in [5.41, 5.74) is 6.06. The number of nitrogens with zero attached hydrogens (tertiary/aromatic N) is 2. The lowest BCUT2D eigenvalue weighted by molar-refractivity contribution is 1.15. The second-order valence-electron chi connectivity index (χ2n) is 4.31. The van der Waals surface area contributed by atoms with Gasteiger partial charge in [-0.25, -0.2) is 0 Å². The number of aryl methyl sites for hydroxylation is 2. The highest BCUT2D eigenvalue weighted by atomic mass is 14.8. The van der Waals surface area contributed by atoms with Crippen LogP contribution in [0.1, 0.15) is 37.7 Å². The van der Waals surface area contributed by atoms with Gasteiger partial charge in [0.05, 0.1) is 5.69 Å². The van der Waals surface area contributed by atoms with Crippen molar-refractivity contribution in [2.45, 2.75) is 34.6 Å². The summed E-state index contributed by atoms with van der Waals surface area (Å²) in [6.45, 7) is 13.8. The van der Waals surface area contributed by atoms with Crippen molar-refractivity contribution in [2.24, 2.45) is 4.99 Å². The molecule has 0 aliphatic rings. The molecule has 2 nitrogen and oxygen atoms in total. The molecule has 0 aliphatic heterocycles. The third kappa shape index (κ3) is 3.66. The van der Waals surface area contributed by atoms with Gasteiger partial charge in [0.15, 0.2) is 0 Å². The van der Waals surface area contributed by atoms with Crippen molar-refractivity contribution in [3.63, 3.8) is 0 Å². The van der Waals surface area contributed by atoms with Gasteiger partial charge in [0.25, 0.3) is 0 Å². The molecule has 90 valence electrons. The minimum absolute atomic E-state index is 0.811. The smallest absolute Gasteiger partial charge is 0.0722 e. The van der Waals surface area contributed by atoms with Crippen molar-refractivity contribution in [3.05, 3.63) is 47.4 Å². The van der Waals surface area contributed by atoms with Gasteiger partial charge in [-0.2, -0.15) is 0 Å². The first-order valence-corrected chi connectivity index (χ1v) is 5.77. The number of hydrogen-bond donors (Lipinski definition) is 0. The van der Waals surface area contributed by atoms with Crippen LogP contribution in [0.15, 0.2) is 35.5 Å². The molecule has 0 amide bonds. The first kappa shape index (κ1) is 13.4. The molecule has 1 heterocycles. The largest absolute Gasteiger partial charge is 0.258 e. The molecule has 1 aromatic heterocycles. The normalized spacial score (nSPS) is 12.8. The monoisotopic (exact) mass is 228 g/mol. The Balaban J connectivity index is 3.24. The van der Waals surface area contributed by atoms with Gasteiger partial charge < -0.3 is 0 Å². The third-order valence-corrected chi connectivity index (χ3v) is 2.41. The van der Waals surface area contributed by atoms with E-state index in [1.807, 2.05) is 33.8 Å². The molecular formula is C15H20N2. The molecule has 0 unspecified atom stereocenters. The number of aliphatic imine (C=N–C) groups is 1. The summed E-state index contributed by atoms with van der Waals surface area (Å²) >= 11 is 0.